The van der Waals surface area contributed by atoms with Crippen LogP contribution in [0.25, 0.3) is 0 Å². The van der Waals surface area contributed by atoms with E-state index in [2.05, 4.69) is 38.3 Å². The number of hydrogen-bond acceptors (Lipinski definition) is 2. The zero-order chi connectivity index (χ0) is 15.1. The smallest absolute Gasteiger partial charge is 0.253 e. The van der Waals surface area contributed by atoms with Crippen molar-refractivity contribution < 1.29 is 4.79 Å². The third kappa shape index (κ3) is 2.30. The minimum Gasteiger partial charge on any atom is -0.387 e. The van der Waals surface area contributed by atoms with Gasteiger partial charge in [0.2, 0.25) is 0 Å². The second-order valence-electron chi connectivity index (χ2n) is 7.01. The number of rotatable bonds is 4. The first-order valence-corrected chi connectivity index (χ1v) is 7.28. The van der Waals surface area contributed by atoms with E-state index in [-0.39, 0.29) is 5.91 Å². The first-order valence-electron chi connectivity index (χ1n) is 7.28. The summed E-state index contributed by atoms with van der Waals surface area (Å²) in [6, 6.07) is 5.90. The summed E-state index contributed by atoms with van der Waals surface area (Å²) in [5.41, 5.74) is 3.31. The van der Waals surface area contributed by atoms with E-state index in [0.717, 1.165) is 23.4 Å². The molecular weight excluding hydrogens is 248 g/mol. The van der Waals surface area contributed by atoms with Gasteiger partial charge in [0.15, 0.2) is 0 Å². The van der Waals surface area contributed by atoms with Gasteiger partial charge >= 0.3 is 0 Å². The summed E-state index contributed by atoms with van der Waals surface area (Å²) < 4.78 is 0. The lowest BCUT2D eigenvalue weighted by Crippen LogP contribution is -2.27. The van der Waals surface area contributed by atoms with E-state index in [9.17, 15) is 4.79 Å². The van der Waals surface area contributed by atoms with Gasteiger partial charge in [0.1, 0.15) is 0 Å². The standard InChI is InChI=1S/C17H26N2O/c1-11-7-8-13(18-6)12(9-11)15(20)19-10-14-16(2,3)17(14,4)5/h7-9,14,18H,10H2,1-6H3,(H,19,20). The molecule has 0 saturated heterocycles. The Hall–Kier alpha value is -1.51. The fourth-order valence-corrected chi connectivity index (χ4v) is 3.20. The van der Waals surface area contributed by atoms with Crippen LogP contribution in [0.3, 0.4) is 0 Å². The maximum atomic E-state index is 12.4. The van der Waals surface area contributed by atoms with Crippen molar-refractivity contribution in [2.24, 2.45) is 16.7 Å². The number of hydrogen-bond donors (Lipinski definition) is 2. The van der Waals surface area contributed by atoms with Gasteiger partial charge in [-0.15, -0.1) is 0 Å². The number of nitrogens with one attached hydrogen (secondary N) is 2. The van der Waals surface area contributed by atoms with Crippen molar-refractivity contribution in [1.82, 2.24) is 5.32 Å². The number of aryl methyl sites for hydroxylation is 1. The summed E-state index contributed by atoms with van der Waals surface area (Å²) in [6.07, 6.45) is 0. The molecule has 1 fully saturated rings. The number of benzene rings is 1. The van der Waals surface area contributed by atoms with Crippen molar-refractivity contribution in [2.75, 3.05) is 18.9 Å². The lowest BCUT2D eigenvalue weighted by molar-refractivity contribution is 0.0950. The van der Waals surface area contributed by atoms with Crippen LogP contribution in [-0.2, 0) is 0 Å². The molecule has 1 aromatic carbocycles. The Labute approximate surface area is 122 Å². The Morgan fingerprint density at radius 3 is 2.30 bits per heavy atom. The minimum absolute atomic E-state index is 0.0107. The molecule has 0 heterocycles. The quantitative estimate of drug-likeness (QED) is 0.883. The highest BCUT2D eigenvalue weighted by atomic mass is 16.1. The Morgan fingerprint density at radius 1 is 1.20 bits per heavy atom. The van der Waals surface area contributed by atoms with Gasteiger partial charge in [0.05, 0.1) is 5.56 Å². The average Bonchev–Trinajstić information content (AvgIpc) is 2.76. The van der Waals surface area contributed by atoms with Crippen LogP contribution >= 0.6 is 0 Å². The molecule has 1 aromatic rings. The van der Waals surface area contributed by atoms with Gasteiger partial charge in [-0.2, -0.15) is 0 Å². The molecule has 3 heteroatoms. The monoisotopic (exact) mass is 274 g/mol. The van der Waals surface area contributed by atoms with Crippen LogP contribution in [0.1, 0.15) is 43.6 Å². The highest BCUT2D eigenvalue weighted by Gasteiger charge is 2.64. The molecule has 0 aliphatic heterocycles. The predicted molar refractivity (Wildman–Crippen MR) is 84.1 cm³/mol. The zero-order valence-electron chi connectivity index (χ0n) is 13.4. The topological polar surface area (TPSA) is 41.1 Å². The normalized spacial score (nSPS) is 19.5. The Kier molecular flexibility index (Phi) is 3.57. The minimum atomic E-state index is 0.0107. The van der Waals surface area contributed by atoms with Gasteiger partial charge in [0, 0.05) is 19.3 Å². The number of amides is 1. The van der Waals surface area contributed by atoms with Crippen LogP contribution in [0.2, 0.25) is 0 Å². The fourth-order valence-electron chi connectivity index (χ4n) is 3.20. The van der Waals surface area contributed by atoms with Gasteiger partial charge in [-0.1, -0.05) is 39.3 Å². The molecular formula is C17H26N2O. The van der Waals surface area contributed by atoms with E-state index in [1.165, 1.54) is 0 Å². The van der Waals surface area contributed by atoms with Crippen molar-refractivity contribution >= 4 is 11.6 Å². The molecule has 1 aliphatic carbocycles. The molecule has 1 amide bonds. The molecule has 2 rings (SSSR count). The van der Waals surface area contributed by atoms with Crippen molar-refractivity contribution in [3.63, 3.8) is 0 Å². The summed E-state index contributed by atoms with van der Waals surface area (Å²) >= 11 is 0. The van der Waals surface area contributed by atoms with Crippen LogP contribution in [0.15, 0.2) is 18.2 Å². The van der Waals surface area contributed by atoms with E-state index in [1.807, 2.05) is 32.2 Å². The number of carbonyl (C=O) groups is 1. The van der Waals surface area contributed by atoms with Crippen LogP contribution in [0.4, 0.5) is 5.69 Å². The second kappa shape index (κ2) is 4.80. The van der Waals surface area contributed by atoms with E-state index in [4.69, 9.17) is 0 Å². The third-order valence-electron chi connectivity index (χ3n) is 5.48. The number of carbonyl (C=O) groups excluding carboxylic acids is 1. The molecule has 110 valence electrons. The van der Waals surface area contributed by atoms with Crippen LogP contribution in [-0.4, -0.2) is 19.5 Å². The summed E-state index contributed by atoms with van der Waals surface area (Å²) in [5, 5.41) is 6.17. The number of anilines is 1. The molecule has 0 radical (unpaired) electrons. The molecule has 0 unspecified atom stereocenters. The predicted octanol–water partition coefficient (Wildman–Crippen LogP) is 3.45. The molecule has 2 N–H and O–H groups in total. The lowest BCUT2D eigenvalue weighted by Gasteiger charge is -2.11. The molecule has 1 aliphatic rings. The second-order valence-corrected chi connectivity index (χ2v) is 7.01. The molecule has 1 saturated carbocycles. The molecule has 20 heavy (non-hydrogen) atoms. The van der Waals surface area contributed by atoms with Gasteiger partial charge in [-0.05, 0) is 35.8 Å². The third-order valence-corrected chi connectivity index (χ3v) is 5.48. The average molecular weight is 274 g/mol. The Morgan fingerprint density at radius 2 is 1.80 bits per heavy atom. The summed E-state index contributed by atoms with van der Waals surface area (Å²) in [7, 11) is 1.84. The first-order chi connectivity index (χ1) is 9.21. The van der Waals surface area contributed by atoms with Crippen LogP contribution in [0.5, 0.6) is 0 Å². The largest absolute Gasteiger partial charge is 0.387 e. The molecule has 3 nitrogen and oxygen atoms in total. The zero-order valence-corrected chi connectivity index (χ0v) is 13.4. The van der Waals surface area contributed by atoms with Crippen molar-refractivity contribution in [3.8, 4) is 0 Å². The lowest BCUT2D eigenvalue weighted by atomic mass is 10.0. The van der Waals surface area contributed by atoms with E-state index in [1.54, 1.807) is 0 Å². The van der Waals surface area contributed by atoms with E-state index >= 15 is 0 Å². The molecule has 0 atom stereocenters. The summed E-state index contributed by atoms with van der Waals surface area (Å²) in [4.78, 5) is 12.4. The SMILES string of the molecule is CNc1ccc(C)cc1C(=O)NCC1C(C)(C)C1(C)C. The van der Waals surface area contributed by atoms with E-state index < -0.39 is 0 Å². The molecule has 0 aromatic heterocycles. The fraction of sp³-hybridized carbons (Fsp3) is 0.588. The van der Waals surface area contributed by atoms with Crippen molar-refractivity contribution in [2.45, 2.75) is 34.6 Å². The highest BCUT2D eigenvalue weighted by Crippen LogP contribution is 2.67. The van der Waals surface area contributed by atoms with E-state index in [0.29, 0.717) is 16.7 Å². The highest BCUT2D eigenvalue weighted by molar-refractivity contribution is 5.99. The summed E-state index contributed by atoms with van der Waals surface area (Å²) in [5.74, 6) is 0.554. The van der Waals surface area contributed by atoms with Crippen molar-refractivity contribution in [1.29, 1.82) is 0 Å². The first kappa shape index (κ1) is 14.9. The molecule has 0 bridgehead atoms. The van der Waals surface area contributed by atoms with Crippen LogP contribution in [0, 0.1) is 23.7 Å². The molecule has 0 spiro atoms. The summed E-state index contributed by atoms with van der Waals surface area (Å²) in [6.45, 7) is 11.8. The van der Waals surface area contributed by atoms with Gasteiger partial charge < -0.3 is 10.6 Å². The maximum absolute atomic E-state index is 12.4. The van der Waals surface area contributed by atoms with Gasteiger partial charge in [-0.25, -0.2) is 0 Å². The van der Waals surface area contributed by atoms with Crippen LogP contribution < -0.4 is 10.6 Å². The maximum Gasteiger partial charge on any atom is 0.253 e. The Balaban J connectivity index is 2.05. The van der Waals surface area contributed by atoms with Crippen molar-refractivity contribution in [3.05, 3.63) is 29.3 Å². The van der Waals surface area contributed by atoms with Gasteiger partial charge in [0.25, 0.3) is 5.91 Å². The Bertz CT molecular complexity index is 518. The van der Waals surface area contributed by atoms with Gasteiger partial charge in [-0.3, -0.25) is 4.79 Å².